The van der Waals surface area contributed by atoms with Crippen molar-refractivity contribution in [3.63, 3.8) is 0 Å². The molecule has 0 spiro atoms. The van der Waals surface area contributed by atoms with E-state index in [0.29, 0.717) is 17.7 Å². The SMILES string of the molecule is CCOC(=O)c1cccc(C#CCC=O)c1. The molecule has 0 unspecified atom stereocenters. The van der Waals surface area contributed by atoms with Gasteiger partial charge in [0, 0.05) is 5.56 Å². The molecule has 0 aliphatic carbocycles. The summed E-state index contributed by atoms with van der Waals surface area (Å²) in [4.78, 5) is 21.5. The van der Waals surface area contributed by atoms with Crippen LogP contribution in [0.3, 0.4) is 0 Å². The van der Waals surface area contributed by atoms with Crippen molar-refractivity contribution < 1.29 is 14.3 Å². The van der Waals surface area contributed by atoms with Gasteiger partial charge in [-0.2, -0.15) is 0 Å². The fraction of sp³-hybridized carbons (Fsp3) is 0.231. The normalized spacial score (nSPS) is 8.81. The molecule has 0 aliphatic rings. The van der Waals surface area contributed by atoms with Gasteiger partial charge in [0.1, 0.15) is 6.29 Å². The molecular formula is C13H12O3. The molecule has 0 saturated heterocycles. The molecule has 16 heavy (non-hydrogen) atoms. The smallest absolute Gasteiger partial charge is 0.338 e. The van der Waals surface area contributed by atoms with Crippen LogP contribution < -0.4 is 0 Å². The largest absolute Gasteiger partial charge is 0.462 e. The van der Waals surface area contributed by atoms with E-state index < -0.39 is 0 Å². The fourth-order valence-electron chi connectivity index (χ4n) is 1.13. The Kier molecular flexibility index (Phi) is 4.81. The Labute approximate surface area is 94.4 Å². The summed E-state index contributed by atoms with van der Waals surface area (Å²) < 4.78 is 4.87. The number of carbonyl (C=O) groups is 2. The second-order valence-electron chi connectivity index (χ2n) is 2.97. The Bertz CT molecular complexity index is 438. The third-order valence-corrected chi connectivity index (χ3v) is 1.79. The first-order chi connectivity index (χ1) is 7.77. The van der Waals surface area contributed by atoms with Gasteiger partial charge < -0.3 is 9.53 Å². The predicted octanol–water partition coefficient (Wildman–Crippen LogP) is 1.80. The molecule has 0 bridgehead atoms. The molecule has 0 radical (unpaired) electrons. The maximum Gasteiger partial charge on any atom is 0.338 e. The van der Waals surface area contributed by atoms with E-state index >= 15 is 0 Å². The molecule has 0 aliphatic heterocycles. The molecule has 1 aromatic carbocycles. The van der Waals surface area contributed by atoms with E-state index in [2.05, 4.69) is 11.8 Å². The van der Waals surface area contributed by atoms with E-state index in [1.807, 2.05) is 0 Å². The van der Waals surface area contributed by atoms with Crippen molar-refractivity contribution in [1.82, 2.24) is 0 Å². The summed E-state index contributed by atoms with van der Waals surface area (Å²) >= 11 is 0. The molecule has 0 atom stereocenters. The van der Waals surface area contributed by atoms with Crippen molar-refractivity contribution in [1.29, 1.82) is 0 Å². The van der Waals surface area contributed by atoms with Crippen molar-refractivity contribution in [3.8, 4) is 11.8 Å². The van der Waals surface area contributed by atoms with Crippen LogP contribution in [0.2, 0.25) is 0 Å². The van der Waals surface area contributed by atoms with Gasteiger partial charge in [-0.15, -0.1) is 0 Å². The van der Waals surface area contributed by atoms with Crippen LogP contribution in [0, 0.1) is 11.8 Å². The van der Waals surface area contributed by atoms with Gasteiger partial charge in [-0.25, -0.2) is 4.79 Å². The van der Waals surface area contributed by atoms with E-state index in [4.69, 9.17) is 4.74 Å². The van der Waals surface area contributed by atoms with E-state index in [1.54, 1.807) is 31.2 Å². The van der Waals surface area contributed by atoms with Gasteiger partial charge in [0.2, 0.25) is 0 Å². The summed E-state index contributed by atoms with van der Waals surface area (Å²) in [6.45, 7) is 2.10. The quantitative estimate of drug-likeness (QED) is 0.439. The molecule has 0 amide bonds. The molecule has 1 rings (SSSR count). The first kappa shape index (κ1) is 12.0. The zero-order chi connectivity index (χ0) is 11.8. The minimum Gasteiger partial charge on any atom is -0.462 e. The number of ether oxygens (including phenoxy) is 1. The third-order valence-electron chi connectivity index (χ3n) is 1.79. The standard InChI is InChI=1S/C13H12O3/c1-2-16-13(15)12-8-5-7-11(10-12)6-3-4-9-14/h5,7-10H,2,4H2,1H3. The van der Waals surface area contributed by atoms with Crippen molar-refractivity contribution >= 4 is 12.3 Å². The highest BCUT2D eigenvalue weighted by molar-refractivity contribution is 5.89. The van der Waals surface area contributed by atoms with E-state index in [0.717, 1.165) is 6.29 Å². The lowest BCUT2D eigenvalue weighted by atomic mass is 10.1. The minimum atomic E-state index is -0.360. The highest BCUT2D eigenvalue weighted by Gasteiger charge is 2.05. The first-order valence-electron chi connectivity index (χ1n) is 4.97. The van der Waals surface area contributed by atoms with Crippen LogP contribution >= 0.6 is 0 Å². The first-order valence-corrected chi connectivity index (χ1v) is 4.97. The number of aldehydes is 1. The van der Waals surface area contributed by atoms with Gasteiger partial charge in [0.15, 0.2) is 0 Å². The van der Waals surface area contributed by atoms with Gasteiger partial charge in [0.05, 0.1) is 18.6 Å². The molecular weight excluding hydrogens is 204 g/mol. The van der Waals surface area contributed by atoms with Crippen LogP contribution in [0.5, 0.6) is 0 Å². The lowest BCUT2D eigenvalue weighted by Crippen LogP contribution is -2.04. The van der Waals surface area contributed by atoms with Crippen LogP contribution in [-0.2, 0) is 9.53 Å². The molecule has 0 aromatic heterocycles. The van der Waals surface area contributed by atoms with Crippen molar-refractivity contribution in [2.75, 3.05) is 6.61 Å². The zero-order valence-electron chi connectivity index (χ0n) is 9.03. The summed E-state index contributed by atoms with van der Waals surface area (Å²) in [7, 11) is 0. The van der Waals surface area contributed by atoms with Crippen molar-refractivity contribution in [2.45, 2.75) is 13.3 Å². The second-order valence-corrected chi connectivity index (χ2v) is 2.97. The van der Waals surface area contributed by atoms with Crippen LogP contribution in [0.25, 0.3) is 0 Å². The Balaban J connectivity index is 2.83. The summed E-state index contributed by atoms with van der Waals surface area (Å²) in [5.41, 5.74) is 1.17. The molecule has 0 saturated carbocycles. The number of hydrogen-bond acceptors (Lipinski definition) is 3. The Morgan fingerprint density at radius 3 is 3.00 bits per heavy atom. The number of hydrogen-bond donors (Lipinski definition) is 0. The minimum absolute atomic E-state index is 0.198. The Hall–Kier alpha value is -2.08. The molecule has 0 fully saturated rings. The van der Waals surface area contributed by atoms with Gasteiger partial charge in [-0.3, -0.25) is 0 Å². The molecule has 0 N–H and O–H groups in total. The zero-order valence-corrected chi connectivity index (χ0v) is 9.03. The second kappa shape index (κ2) is 6.41. The van der Waals surface area contributed by atoms with Gasteiger partial charge in [0.25, 0.3) is 0 Å². The highest BCUT2D eigenvalue weighted by atomic mass is 16.5. The van der Waals surface area contributed by atoms with Gasteiger partial charge in [-0.05, 0) is 25.1 Å². The Morgan fingerprint density at radius 2 is 2.31 bits per heavy atom. The Morgan fingerprint density at radius 1 is 1.50 bits per heavy atom. The summed E-state index contributed by atoms with van der Waals surface area (Å²) in [5.74, 6) is 5.11. The lowest BCUT2D eigenvalue weighted by Gasteiger charge is -2.01. The topological polar surface area (TPSA) is 43.4 Å². The van der Waals surface area contributed by atoms with Crippen LogP contribution in [-0.4, -0.2) is 18.9 Å². The maximum atomic E-state index is 11.4. The highest BCUT2D eigenvalue weighted by Crippen LogP contribution is 2.05. The van der Waals surface area contributed by atoms with E-state index in [9.17, 15) is 9.59 Å². The van der Waals surface area contributed by atoms with E-state index in [1.165, 1.54) is 0 Å². The average molecular weight is 216 g/mol. The predicted molar refractivity (Wildman–Crippen MR) is 60.0 cm³/mol. The van der Waals surface area contributed by atoms with Crippen molar-refractivity contribution in [3.05, 3.63) is 35.4 Å². The number of benzene rings is 1. The number of rotatable bonds is 3. The summed E-state index contributed by atoms with van der Waals surface area (Å²) in [6.07, 6.45) is 0.936. The van der Waals surface area contributed by atoms with Gasteiger partial charge >= 0.3 is 5.97 Å². The molecule has 3 heteroatoms. The maximum absolute atomic E-state index is 11.4. The lowest BCUT2D eigenvalue weighted by molar-refractivity contribution is -0.107. The fourth-order valence-corrected chi connectivity index (χ4v) is 1.13. The number of esters is 1. The summed E-state index contributed by atoms with van der Waals surface area (Å²) in [6, 6.07) is 6.83. The van der Waals surface area contributed by atoms with Crippen LogP contribution in [0.1, 0.15) is 29.3 Å². The molecule has 1 aromatic rings. The summed E-state index contributed by atoms with van der Waals surface area (Å²) in [5, 5.41) is 0. The van der Waals surface area contributed by atoms with E-state index in [-0.39, 0.29) is 12.4 Å². The monoisotopic (exact) mass is 216 g/mol. The number of carbonyl (C=O) groups excluding carboxylic acids is 2. The van der Waals surface area contributed by atoms with Gasteiger partial charge in [-0.1, -0.05) is 17.9 Å². The van der Waals surface area contributed by atoms with Crippen LogP contribution in [0.15, 0.2) is 24.3 Å². The van der Waals surface area contributed by atoms with Crippen molar-refractivity contribution in [2.24, 2.45) is 0 Å². The molecule has 0 heterocycles. The van der Waals surface area contributed by atoms with Crippen LogP contribution in [0.4, 0.5) is 0 Å². The third kappa shape index (κ3) is 3.58. The average Bonchev–Trinajstić information content (AvgIpc) is 2.30. The molecule has 3 nitrogen and oxygen atoms in total. The molecule has 82 valence electrons.